The summed E-state index contributed by atoms with van der Waals surface area (Å²) in [5, 5.41) is 4.14. The molecule has 1 heterocycles. The van der Waals surface area contributed by atoms with E-state index in [2.05, 4.69) is 10.3 Å². The maximum absolute atomic E-state index is 13.0. The van der Waals surface area contributed by atoms with Crippen molar-refractivity contribution >= 4 is 11.8 Å². The Bertz CT molecular complexity index is 749. The van der Waals surface area contributed by atoms with Crippen LogP contribution < -0.4 is 10.6 Å². The lowest BCUT2D eigenvalue weighted by atomic mass is 10.0. The third-order valence-electron chi connectivity index (χ3n) is 3.45. The van der Waals surface area contributed by atoms with Crippen LogP contribution in [0.15, 0.2) is 48.8 Å². The molecule has 1 aromatic heterocycles. The van der Waals surface area contributed by atoms with Gasteiger partial charge < -0.3 is 10.6 Å². The Morgan fingerprint density at radius 3 is 2.19 bits per heavy atom. The highest BCUT2D eigenvalue weighted by molar-refractivity contribution is 5.90. The zero-order chi connectivity index (χ0) is 19.2. The Morgan fingerprint density at radius 1 is 1.00 bits per heavy atom. The zero-order valence-electron chi connectivity index (χ0n) is 13.4. The lowest BCUT2D eigenvalue weighted by Crippen LogP contribution is -2.51. The Morgan fingerprint density at radius 2 is 1.62 bits per heavy atom. The van der Waals surface area contributed by atoms with Gasteiger partial charge in [0, 0.05) is 25.4 Å². The van der Waals surface area contributed by atoms with Gasteiger partial charge >= 0.3 is 12.1 Å². The van der Waals surface area contributed by atoms with Crippen LogP contribution in [0.2, 0.25) is 0 Å². The number of hydrogen-bond donors (Lipinski definition) is 2. The second kappa shape index (κ2) is 8.41. The first-order valence-electron chi connectivity index (χ1n) is 7.54. The predicted molar refractivity (Wildman–Crippen MR) is 84.2 cm³/mol. The molecule has 0 bridgehead atoms. The van der Waals surface area contributed by atoms with Crippen molar-refractivity contribution in [3.8, 4) is 0 Å². The van der Waals surface area contributed by atoms with Gasteiger partial charge in [0.2, 0.25) is 5.91 Å². The molecule has 2 N–H and O–H groups in total. The number of halogens is 4. The van der Waals surface area contributed by atoms with E-state index in [1.165, 1.54) is 24.5 Å². The molecular weight excluding hydrogens is 354 g/mol. The van der Waals surface area contributed by atoms with E-state index in [1.54, 1.807) is 17.4 Å². The van der Waals surface area contributed by atoms with E-state index in [-0.39, 0.29) is 13.0 Å². The minimum absolute atomic E-state index is 0.0587. The molecular formula is C17H15F4N3O2. The fourth-order valence-electron chi connectivity index (χ4n) is 2.12. The van der Waals surface area contributed by atoms with E-state index < -0.39 is 29.8 Å². The first-order valence-corrected chi connectivity index (χ1v) is 7.54. The van der Waals surface area contributed by atoms with Crippen molar-refractivity contribution in [2.24, 2.45) is 0 Å². The van der Waals surface area contributed by atoms with E-state index in [0.717, 1.165) is 12.1 Å². The standard InChI is InChI=1S/C17H15F4N3O2/c18-13-3-1-11(2-4-13)9-14(24-16(26)17(19,20)21)15(25)23-10-12-5-7-22-8-6-12/h1-8,14H,9-10H2,(H,23,25)(H,24,26). The van der Waals surface area contributed by atoms with Crippen LogP contribution >= 0.6 is 0 Å². The number of carbonyl (C=O) groups is 2. The number of benzene rings is 1. The van der Waals surface area contributed by atoms with Gasteiger partial charge in [-0.3, -0.25) is 14.6 Å². The fraction of sp³-hybridized carbons (Fsp3) is 0.235. The lowest BCUT2D eigenvalue weighted by molar-refractivity contribution is -0.174. The average molecular weight is 369 g/mol. The summed E-state index contributed by atoms with van der Waals surface area (Å²) in [6.07, 6.45) is -2.33. The predicted octanol–water partition coefficient (Wildman–Crippen LogP) is 2.13. The van der Waals surface area contributed by atoms with Gasteiger partial charge in [-0.05, 0) is 35.4 Å². The van der Waals surface area contributed by atoms with Gasteiger partial charge in [-0.25, -0.2) is 4.39 Å². The highest BCUT2D eigenvalue weighted by Crippen LogP contribution is 2.15. The summed E-state index contributed by atoms with van der Waals surface area (Å²) in [4.78, 5) is 27.3. The quantitative estimate of drug-likeness (QED) is 0.767. The molecule has 0 saturated carbocycles. The van der Waals surface area contributed by atoms with Gasteiger partial charge in [-0.15, -0.1) is 0 Å². The summed E-state index contributed by atoms with van der Waals surface area (Å²) >= 11 is 0. The monoisotopic (exact) mass is 369 g/mol. The minimum Gasteiger partial charge on any atom is -0.350 e. The first-order chi connectivity index (χ1) is 12.3. The summed E-state index contributed by atoms with van der Waals surface area (Å²) in [6.45, 7) is 0.0587. The Hall–Kier alpha value is -2.97. The third-order valence-corrected chi connectivity index (χ3v) is 3.45. The van der Waals surface area contributed by atoms with Gasteiger partial charge in [-0.2, -0.15) is 13.2 Å². The highest BCUT2D eigenvalue weighted by Gasteiger charge is 2.40. The minimum atomic E-state index is -5.12. The molecule has 9 heteroatoms. The van der Waals surface area contributed by atoms with Crippen LogP contribution in [0.4, 0.5) is 17.6 Å². The van der Waals surface area contributed by atoms with Gasteiger partial charge in [0.05, 0.1) is 0 Å². The van der Waals surface area contributed by atoms with Crippen molar-refractivity contribution in [2.45, 2.75) is 25.2 Å². The van der Waals surface area contributed by atoms with E-state index in [9.17, 15) is 27.2 Å². The summed E-state index contributed by atoms with van der Waals surface area (Å²) < 4.78 is 50.5. The molecule has 0 fully saturated rings. The number of amides is 2. The van der Waals surface area contributed by atoms with Crippen LogP contribution in [0.1, 0.15) is 11.1 Å². The largest absolute Gasteiger partial charge is 0.471 e. The fourth-order valence-corrected chi connectivity index (χ4v) is 2.12. The summed E-state index contributed by atoms with van der Waals surface area (Å²) in [7, 11) is 0. The molecule has 26 heavy (non-hydrogen) atoms. The molecule has 0 saturated heterocycles. The van der Waals surface area contributed by atoms with Crippen LogP contribution in [0.3, 0.4) is 0 Å². The zero-order valence-corrected chi connectivity index (χ0v) is 13.4. The van der Waals surface area contributed by atoms with E-state index in [0.29, 0.717) is 11.1 Å². The molecule has 0 radical (unpaired) electrons. The maximum Gasteiger partial charge on any atom is 0.471 e. The van der Waals surface area contributed by atoms with Crippen molar-refractivity contribution in [1.82, 2.24) is 15.6 Å². The number of hydrogen-bond acceptors (Lipinski definition) is 3. The molecule has 1 aromatic carbocycles. The number of alkyl halides is 3. The number of rotatable bonds is 6. The molecule has 2 aromatic rings. The van der Waals surface area contributed by atoms with E-state index >= 15 is 0 Å². The Kier molecular flexibility index (Phi) is 6.26. The summed E-state index contributed by atoms with van der Waals surface area (Å²) in [5.41, 5.74) is 1.09. The molecule has 1 atom stereocenters. The van der Waals surface area contributed by atoms with Crippen LogP contribution in [-0.2, 0) is 22.6 Å². The second-order valence-corrected chi connectivity index (χ2v) is 5.43. The average Bonchev–Trinajstić information content (AvgIpc) is 2.61. The number of nitrogens with zero attached hydrogens (tertiary/aromatic N) is 1. The van der Waals surface area contributed by atoms with Crippen LogP contribution in [0, 0.1) is 5.82 Å². The SMILES string of the molecule is O=C(NCc1ccncc1)C(Cc1ccc(F)cc1)NC(=O)C(F)(F)F. The third kappa shape index (κ3) is 5.83. The van der Waals surface area contributed by atoms with Gasteiger partial charge in [0.25, 0.3) is 0 Å². The highest BCUT2D eigenvalue weighted by atomic mass is 19.4. The number of carbonyl (C=O) groups excluding carboxylic acids is 2. The van der Waals surface area contributed by atoms with Crippen molar-refractivity contribution in [3.05, 3.63) is 65.7 Å². The van der Waals surface area contributed by atoms with Crippen molar-refractivity contribution in [1.29, 1.82) is 0 Å². The van der Waals surface area contributed by atoms with Crippen LogP contribution in [0.5, 0.6) is 0 Å². The van der Waals surface area contributed by atoms with Crippen LogP contribution in [-0.4, -0.2) is 29.0 Å². The molecule has 5 nitrogen and oxygen atoms in total. The van der Waals surface area contributed by atoms with Crippen molar-refractivity contribution in [3.63, 3.8) is 0 Å². The number of aromatic nitrogens is 1. The van der Waals surface area contributed by atoms with Gasteiger partial charge in [-0.1, -0.05) is 12.1 Å². The van der Waals surface area contributed by atoms with Crippen molar-refractivity contribution < 1.29 is 27.2 Å². The molecule has 2 rings (SSSR count). The van der Waals surface area contributed by atoms with E-state index in [1.807, 2.05) is 0 Å². The summed E-state index contributed by atoms with van der Waals surface area (Å²) in [6, 6.07) is 6.69. The molecule has 0 aliphatic heterocycles. The molecule has 1 unspecified atom stereocenters. The number of pyridine rings is 1. The van der Waals surface area contributed by atoms with Crippen molar-refractivity contribution in [2.75, 3.05) is 0 Å². The smallest absolute Gasteiger partial charge is 0.350 e. The lowest BCUT2D eigenvalue weighted by Gasteiger charge is -2.19. The molecule has 2 amide bonds. The van der Waals surface area contributed by atoms with Crippen LogP contribution in [0.25, 0.3) is 0 Å². The molecule has 0 spiro atoms. The van der Waals surface area contributed by atoms with E-state index in [4.69, 9.17) is 0 Å². The second-order valence-electron chi connectivity index (χ2n) is 5.43. The topological polar surface area (TPSA) is 71.1 Å². The summed E-state index contributed by atoms with van der Waals surface area (Å²) in [5.74, 6) is -3.53. The van der Waals surface area contributed by atoms with Gasteiger partial charge in [0.1, 0.15) is 11.9 Å². The maximum atomic E-state index is 13.0. The first kappa shape index (κ1) is 19.4. The Labute approximate surface area is 146 Å². The molecule has 0 aliphatic carbocycles. The molecule has 138 valence electrons. The molecule has 0 aliphatic rings. The Balaban J connectivity index is 2.09. The van der Waals surface area contributed by atoms with Gasteiger partial charge in [0.15, 0.2) is 0 Å². The number of nitrogens with one attached hydrogen (secondary N) is 2. The normalized spacial score (nSPS) is 12.3.